The van der Waals surface area contributed by atoms with E-state index in [0.717, 1.165) is 15.2 Å². The maximum Gasteiger partial charge on any atom is 0.338 e. The molecule has 0 aliphatic rings. The van der Waals surface area contributed by atoms with Gasteiger partial charge in [0.1, 0.15) is 6.61 Å². The minimum absolute atomic E-state index is 0.249. The monoisotopic (exact) mass is 236 g/mol. The maximum absolute atomic E-state index is 11.6. The zero-order valence-corrected chi connectivity index (χ0v) is 9.71. The van der Waals surface area contributed by atoms with E-state index in [1.807, 2.05) is 13.0 Å². The average Bonchev–Trinajstić information content (AvgIpc) is 2.64. The highest BCUT2D eigenvalue weighted by atomic mass is 32.1. The Balaban J connectivity index is 2.28. The summed E-state index contributed by atoms with van der Waals surface area (Å²) in [5.74, 6) is -0.335. The summed E-state index contributed by atoms with van der Waals surface area (Å²) in [5.41, 5.74) is 6.72. The molecule has 0 fully saturated rings. The predicted molar refractivity (Wildman–Crippen MR) is 63.7 cm³/mol. The van der Waals surface area contributed by atoms with E-state index in [4.69, 9.17) is 10.5 Å². The van der Waals surface area contributed by atoms with Crippen LogP contribution >= 0.6 is 11.3 Å². The largest absolute Gasteiger partial charge is 0.461 e. The minimum atomic E-state index is -0.335. The van der Waals surface area contributed by atoms with Crippen LogP contribution in [0.3, 0.4) is 0 Å². The van der Waals surface area contributed by atoms with Crippen molar-refractivity contribution in [1.82, 2.24) is 4.98 Å². The summed E-state index contributed by atoms with van der Waals surface area (Å²) in [7, 11) is 0. The molecular formula is C11H12N2O2S. The molecule has 0 atom stereocenters. The van der Waals surface area contributed by atoms with Crippen molar-refractivity contribution in [2.45, 2.75) is 6.92 Å². The Morgan fingerprint density at radius 3 is 3.12 bits per heavy atom. The zero-order valence-electron chi connectivity index (χ0n) is 8.90. The molecule has 0 spiro atoms. The van der Waals surface area contributed by atoms with Crippen LogP contribution in [0.2, 0.25) is 0 Å². The number of esters is 1. The third-order valence-electron chi connectivity index (χ3n) is 2.08. The van der Waals surface area contributed by atoms with E-state index in [9.17, 15) is 4.79 Å². The van der Waals surface area contributed by atoms with Gasteiger partial charge in [-0.1, -0.05) is 0 Å². The van der Waals surface area contributed by atoms with E-state index >= 15 is 0 Å². The van der Waals surface area contributed by atoms with Gasteiger partial charge in [0.05, 0.1) is 20.8 Å². The van der Waals surface area contributed by atoms with Crippen molar-refractivity contribution in [2.75, 3.05) is 13.2 Å². The van der Waals surface area contributed by atoms with Gasteiger partial charge in [0.2, 0.25) is 0 Å². The number of aryl methyl sites for hydroxylation is 1. The van der Waals surface area contributed by atoms with Crippen LogP contribution in [0, 0.1) is 6.92 Å². The second kappa shape index (κ2) is 4.59. The van der Waals surface area contributed by atoms with Crippen LogP contribution < -0.4 is 5.73 Å². The molecule has 0 aliphatic carbocycles. The number of rotatable bonds is 3. The Bertz CT molecular complexity index is 522. The van der Waals surface area contributed by atoms with Crippen LogP contribution in [0.15, 0.2) is 18.2 Å². The first-order valence-corrected chi connectivity index (χ1v) is 5.77. The lowest BCUT2D eigenvalue weighted by Crippen LogP contribution is -2.13. The molecule has 0 amide bonds. The van der Waals surface area contributed by atoms with Crippen molar-refractivity contribution in [3.05, 3.63) is 28.8 Å². The number of benzene rings is 1. The fourth-order valence-electron chi connectivity index (χ4n) is 1.40. The van der Waals surface area contributed by atoms with Crippen molar-refractivity contribution in [3.63, 3.8) is 0 Å². The first-order chi connectivity index (χ1) is 7.70. The van der Waals surface area contributed by atoms with E-state index in [1.165, 1.54) is 0 Å². The van der Waals surface area contributed by atoms with Crippen molar-refractivity contribution in [1.29, 1.82) is 0 Å². The molecule has 1 heterocycles. The van der Waals surface area contributed by atoms with Gasteiger partial charge >= 0.3 is 5.97 Å². The minimum Gasteiger partial charge on any atom is -0.461 e. The molecule has 0 saturated carbocycles. The number of fused-ring (bicyclic) bond motifs is 1. The summed E-state index contributed by atoms with van der Waals surface area (Å²) in [6, 6.07) is 5.36. The summed E-state index contributed by atoms with van der Waals surface area (Å²) in [6.07, 6.45) is 0. The SMILES string of the molecule is Cc1nc2ccc(C(=O)OCCN)cc2s1. The summed E-state index contributed by atoms with van der Waals surface area (Å²) in [5, 5.41) is 0.988. The number of carbonyl (C=O) groups excluding carboxylic acids is 1. The summed E-state index contributed by atoms with van der Waals surface area (Å²) >= 11 is 1.56. The fourth-order valence-corrected chi connectivity index (χ4v) is 2.27. The quantitative estimate of drug-likeness (QED) is 0.824. The van der Waals surface area contributed by atoms with Gasteiger partial charge in [0, 0.05) is 6.54 Å². The van der Waals surface area contributed by atoms with E-state index in [2.05, 4.69) is 4.98 Å². The van der Waals surface area contributed by atoms with E-state index in [-0.39, 0.29) is 12.6 Å². The molecule has 16 heavy (non-hydrogen) atoms. The topological polar surface area (TPSA) is 65.2 Å². The first kappa shape index (κ1) is 11.0. The van der Waals surface area contributed by atoms with Crippen LogP contribution in [0.1, 0.15) is 15.4 Å². The molecular weight excluding hydrogens is 224 g/mol. The Morgan fingerprint density at radius 1 is 1.56 bits per heavy atom. The van der Waals surface area contributed by atoms with Gasteiger partial charge in [-0.05, 0) is 25.1 Å². The molecule has 2 rings (SSSR count). The fraction of sp³-hybridized carbons (Fsp3) is 0.273. The lowest BCUT2D eigenvalue weighted by atomic mass is 10.2. The molecule has 84 valence electrons. The van der Waals surface area contributed by atoms with Crippen molar-refractivity contribution in [2.24, 2.45) is 5.73 Å². The van der Waals surface area contributed by atoms with Crippen LogP contribution in [0.25, 0.3) is 10.2 Å². The number of nitrogens with two attached hydrogens (primary N) is 1. The lowest BCUT2D eigenvalue weighted by molar-refractivity contribution is 0.0517. The van der Waals surface area contributed by atoms with Crippen LogP contribution in [-0.4, -0.2) is 24.1 Å². The second-order valence-electron chi connectivity index (χ2n) is 3.34. The number of carbonyl (C=O) groups is 1. The molecule has 2 N–H and O–H groups in total. The number of hydrogen-bond donors (Lipinski definition) is 1. The second-order valence-corrected chi connectivity index (χ2v) is 4.57. The summed E-state index contributed by atoms with van der Waals surface area (Å²) in [4.78, 5) is 15.9. The molecule has 5 heteroatoms. The Kier molecular flexibility index (Phi) is 3.17. The van der Waals surface area contributed by atoms with Gasteiger partial charge in [-0.15, -0.1) is 11.3 Å². The molecule has 1 aromatic carbocycles. The number of aromatic nitrogens is 1. The number of thiazole rings is 1. The van der Waals surface area contributed by atoms with E-state index < -0.39 is 0 Å². The first-order valence-electron chi connectivity index (χ1n) is 4.95. The lowest BCUT2D eigenvalue weighted by Gasteiger charge is -2.02. The number of hydrogen-bond acceptors (Lipinski definition) is 5. The van der Waals surface area contributed by atoms with Crippen LogP contribution in [0.5, 0.6) is 0 Å². The third-order valence-corrected chi connectivity index (χ3v) is 3.02. The van der Waals surface area contributed by atoms with Gasteiger partial charge in [0.25, 0.3) is 0 Å². The third kappa shape index (κ3) is 2.20. The normalized spacial score (nSPS) is 10.6. The Morgan fingerprint density at radius 2 is 2.38 bits per heavy atom. The van der Waals surface area contributed by atoms with Gasteiger partial charge in [-0.2, -0.15) is 0 Å². The number of nitrogens with zero attached hydrogens (tertiary/aromatic N) is 1. The summed E-state index contributed by atoms with van der Waals surface area (Å²) < 4.78 is 5.95. The molecule has 0 saturated heterocycles. The van der Waals surface area contributed by atoms with Gasteiger partial charge in [-0.3, -0.25) is 0 Å². The van der Waals surface area contributed by atoms with Crippen LogP contribution in [0.4, 0.5) is 0 Å². The van der Waals surface area contributed by atoms with Crippen molar-refractivity contribution < 1.29 is 9.53 Å². The van der Waals surface area contributed by atoms with Gasteiger partial charge in [-0.25, -0.2) is 9.78 Å². The average molecular weight is 236 g/mol. The van der Waals surface area contributed by atoms with Gasteiger partial charge < -0.3 is 10.5 Å². The Labute approximate surface area is 97.0 Å². The predicted octanol–water partition coefficient (Wildman–Crippen LogP) is 1.72. The molecule has 1 aromatic heterocycles. The highest BCUT2D eigenvalue weighted by molar-refractivity contribution is 7.18. The molecule has 0 aliphatic heterocycles. The molecule has 0 unspecified atom stereocenters. The molecule has 0 radical (unpaired) electrons. The summed E-state index contributed by atoms with van der Waals surface area (Å²) in [6.45, 7) is 2.53. The van der Waals surface area contributed by atoms with Gasteiger partial charge in [0.15, 0.2) is 0 Å². The van der Waals surface area contributed by atoms with Crippen molar-refractivity contribution >= 4 is 27.5 Å². The van der Waals surface area contributed by atoms with Crippen molar-refractivity contribution in [3.8, 4) is 0 Å². The Hall–Kier alpha value is -1.46. The van der Waals surface area contributed by atoms with Crippen LogP contribution in [-0.2, 0) is 4.74 Å². The van der Waals surface area contributed by atoms with E-state index in [1.54, 1.807) is 23.5 Å². The van der Waals surface area contributed by atoms with E-state index in [0.29, 0.717) is 12.1 Å². The number of ether oxygens (including phenoxy) is 1. The highest BCUT2D eigenvalue weighted by Gasteiger charge is 2.09. The molecule has 0 bridgehead atoms. The zero-order chi connectivity index (χ0) is 11.5. The molecule has 4 nitrogen and oxygen atoms in total. The molecule has 2 aromatic rings. The smallest absolute Gasteiger partial charge is 0.338 e. The standard InChI is InChI=1S/C11H12N2O2S/c1-7-13-9-3-2-8(6-10(9)16-7)11(14)15-5-4-12/h2-3,6H,4-5,12H2,1H3. The maximum atomic E-state index is 11.6. The highest BCUT2D eigenvalue weighted by Crippen LogP contribution is 2.22.